The third-order valence-corrected chi connectivity index (χ3v) is 2.72. The Kier molecular flexibility index (Phi) is 8.86. The lowest BCUT2D eigenvalue weighted by molar-refractivity contribution is -0.870. The van der Waals surface area contributed by atoms with Crippen molar-refractivity contribution in [3.8, 4) is 0 Å². The minimum absolute atomic E-state index is 0.469. The fourth-order valence-electron chi connectivity index (χ4n) is 1.74. The van der Waals surface area contributed by atoms with E-state index in [0.717, 1.165) is 17.3 Å². The summed E-state index contributed by atoms with van der Waals surface area (Å²) in [5, 5.41) is 0. The van der Waals surface area contributed by atoms with Gasteiger partial charge >= 0.3 is 6.09 Å². The molecule has 4 heteroatoms. The van der Waals surface area contributed by atoms with E-state index in [1.54, 1.807) is 0 Å². The fraction of sp³-hybridized carbons (Fsp3) is 0.923. The van der Waals surface area contributed by atoms with Crippen LogP contribution in [0, 0.1) is 0 Å². The zero-order valence-electron chi connectivity index (χ0n) is 11.7. The summed E-state index contributed by atoms with van der Waals surface area (Å²) in [5.74, 6) is 0. The lowest BCUT2D eigenvalue weighted by atomic mass is 10.1. The first-order valence-electron chi connectivity index (χ1n) is 6.64. The molecule has 0 saturated heterocycles. The molecule has 0 aliphatic carbocycles. The largest absolute Gasteiger partial charge is 0.450 e. The van der Waals surface area contributed by atoms with E-state index in [4.69, 9.17) is 5.73 Å². The molecule has 0 aliphatic rings. The van der Waals surface area contributed by atoms with Crippen molar-refractivity contribution in [1.29, 1.82) is 0 Å². The van der Waals surface area contributed by atoms with Crippen LogP contribution in [-0.4, -0.2) is 44.9 Å². The van der Waals surface area contributed by atoms with Crippen molar-refractivity contribution in [3.05, 3.63) is 0 Å². The van der Waals surface area contributed by atoms with Crippen LogP contribution in [0.2, 0.25) is 0 Å². The molecule has 0 heterocycles. The average molecular weight is 245 g/mol. The molecule has 4 nitrogen and oxygen atoms in total. The number of carbonyl (C=O) groups is 1. The summed E-state index contributed by atoms with van der Waals surface area (Å²) in [4.78, 5) is 10.3. The van der Waals surface area contributed by atoms with Crippen LogP contribution in [0.15, 0.2) is 0 Å². The number of quaternary nitrogens is 1. The van der Waals surface area contributed by atoms with Crippen molar-refractivity contribution in [2.75, 3.05) is 34.3 Å². The Labute approximate surface area is 106 Å². The van der Waals surface area contributed by atoms with Crippen LogP contribution in [0.25, 0.3) is 0 Å². The van der Waals surface area contributed by atoms with Crippen molar-refractivity contribution in [2.24, 2.45) is 5.73 Å². The lowest BCUT2D eigenvalue weighted by Gasteiger charge is -2.23. The van der Waals surface area contributed by atoms with Gasteiger partial charge in [0, 0.05) is 0 Å². The quantitative estimate of drug-likeness (QED) is 0.475. The van der Waals surface area contributed by atoms with Crippen LogP contribution in [0.1, 0.15) is 44.9 Å². The molecule has 0 unspecified atom stereocenters. The smallest absolute Gasteiger partial charge is 0.404 e. The first-order valence-corrected chi connectivity index (χ1v) is 6.64. The topological polar surface area (TPSA) is 52.3 Å². The van der Waals surface area contributed by atoms with Gasteiger partial charge in [0.25, 0.3) is 0 Å². The maximum absolute atomic E-state index is 10.3. The van der Waals surface area contributed by atoms with E-state index in [-0.39, 0.29) is 0 Å². The Morgan fingerprint density at radius 3 is 1.88 bits per heavy atom. The Bertz CT molecular complexity index is 200. The summed E-state index contributed by atoms with van der Waals surface area (Å²) in [5.41, 5.74) is 4.86. The zero-order chi connectivity index (χ0) is 13.1. The first-order chi connectivity index (χ1) is 7.92. The molecule has 1 amide bonds. The average Bonchev–Trinajstić information content (AvgIpc) is 2.18. The number of nitrogens with two attached hydrogens (primary N) is 1. The second-order valence-electron chi connectivity index (χ2n) is 5.66. The van der Waals surface area contributed by atoms with Gasteiger partial charge in [0.15, 0.2) is 0 Å². The van der Waals surface area contributed by atoms with E-state index >= 15 is 0 Å². The van der Waals surface area contributed by atoms with Crippen molar-refractivity contribution in [1.82, 2.24) is 0 Å². The molecule has 0 radical (unpaired) electrons. The van der Waals surface area contributed by atoms with Crippen LogP contribution in [0.5, 0.6) is 0 Å². The van der Waals surface area contributed by atoms with E-state index in [0.29, 0.717) is 6.61 Å². The highest BCUT2D eigenvalue weighted by Gasteiger charge is 2.04. The van der Waals surface area contributed by atoms with Crippen LogP contribution in [-0.2, 0) is 4.74 Å². The standard InChI is InChI=1S/C13H28N2O2/c1-15(2,3)11-9-7-5-4-6-8-10-12-17-13(14)16/h4-12H2,1-3H3,(H-,14,16)/p+1. The van der Waals surface area contributed by atoms with E-state index in [9.17, 15) is 4.79 Å². The minimum atomic E-state index is -0.662. The summed E-state index contributed by atoms with van der Waals surface area (Å²) in [6, 6.07) is 0. The van der Waals surface area contributed by atoms with Crippen LogP contribution in [0.4, 0.5) is 4.79 Å². The summed E-state index contributed by atoms with van der Waals surface area (Å²) < 4.78 is 5.72. The predicted octanol–water partition coefficient (Wildman–Crippen LogP) is 2.52. The van der Waals surface area contributed by atoms with Gasteiger partial charge < -0.3 is 15.0 Å². The number of hydrogen-bond acceptors (Lipinski definition) is 2. The number of amides is 1. The first kappa shape index (κ1) is 16.2. The highest BCUT2D eigenvalue weighted by molar-refractivity contribution is 5.64. The van der Waals surface area contributed by atoms with Gasteiger partial charge in [-0.3, -0.25) is 0 Å². The zero-order valence-corrected chi connectivity index (χ0v) is 11.7. The summed E-state index contributed by atoms with van der Waals surface area (Å²) in [6.45, 7) is 1.73. The fourth-order valence-corrected chi connectivity index (χ4v) is 1.74. The second kappa shape index (κ2) is 9.28. The molecule has 0 atom stereocenters. The number of unbranched alkanes of at least 4 members (excludes halogenated alkanes) is 6. The van der Waals surface area contributed by atoms with Crippen LogP contribution in [0.3, 0.4) is 0 Å². The molecular formula is C13H29N2O2+. The highest BCUT2D eigenvalue weighted by Crippen LogP contribution is 2.08. The molecule has 102 valence electrons. The maximum Gasteiger partial charge on any atom is 0.404 e. The molecule has 0 aromatic carbocycles. The van der Waals surface area contributed by atoms with Gasteiger partial charge in [-0.25, -0.2) is 4.79 Å². The SMILES string of the molecule is C[N+](C)(C)CCCCCCCCCOC(N)=O. The minimum Gasteiger partial charge on any atom is -0.450 e. The number of hydrogen-bond donors (Lipinski definition) is 1. The molecule has 0 spiro atoms. The Morgan fingerprint density at radius 1 is 0.941 bits per heavy atom. The molecular weight excluding hydrogens is 216 g/mol. The molecule has 0 bridgehead atoms. The number of ether oxygens (including phenoxy) is 1. The monoisotopic (exact) mass is 245 g/mol. The van der Waals surface area contributed by atoms with E-state index in [1.807, 2.05) is 0 Å². The van der Waals surface area contributed by atoms with E-state index in [2.05, 4.69) is 25.9 Å². The number of carbonyl (C=O) groups excluding carboxylic acids is 1. The molecule has 17 heavy (non-hydrogen) atoms. The molecule has 0 rings (SSSR count). The van der Waals surface area contributed by atoms with Crippen molar-refractivity contribution in [3.63, 3.8) is 0 Å². The molecule has 2 N–H and O–H groups in total. The normalized spacial score (nSPS) is 11.5. The van der Waals surface area contributed by atoms with Crippen LogP contribution < -0.4 is 5.73 Å². The molecule has 0 saturated carbocycles. The van der Waals surface area contributed by atoms with Gasteiger partial charge in [-0.2, -0.15) is 0 Å². The van der Waals surface area contributed by atoms with Gasteiger partial charge in [0.2, 0.25) is 0 Å². The van der Waals surface area contributed by atoms with Crippen molar-refractivity contribution < 1.29 is 14.0 Å². The van der Waals surface area contributed by atoms with Crippen LogP contribution >= 0.6 is 0 Å². The molecule has 0 aliphatic heterocycles. The lowest BCUT2D eigenvalue weighted by Crippen LogP contribution is -2.35. The molecule has 0 fully saturated rings. The van der Waals surface area contributed by atoms with Gasteiger partial charge in [0.05, 0.1) is 34.3 Å². The second-order valence-corrected chi connectivity index (χ2v) is 5.66. The van der Waals surface area contributed by atoms with E-state index in [1.165, 1.54) is 38.6 Å². The Hall–Kier alpha value is -0.770. The molecule has 0 aromatic rings. The molecule has 0 aromatic heterocycles. The Morgan fingerprint density at radius 2 is 1.41 bits per heavy atom. The Balaban J connectivity index is 3.06. The third-order valence-electron chi connectivity index (χ3n) is 2.72. The highest BCUT2D eigenvalue weighted by atomic mass is 16.5. The van der Waals surface area contributed by atoms with Gasteiger partial charge in [0.1, 0.15) is 0 Å². The van der Waals surface area contributed by atoms with Crippen molar-refractivity contribution >= 4 is 6.09 Å². The predicted molar refractivity (Wildman–Crippen MR) is 70.8 cm³/mol. The number of primary amides is 1. The van der Waals surface area contributed by atoms with Crippen molar-refractivity contribution in [2.45, 2.75) is 44.9 Å². The summed E-state index contributed by atoms with van der Waals surface area (Å²) in [6.07, 6.45) is 7.87. The van der Waals surface area contributed by atoms with Gasteiger partial charge in [-0.15, -0.1) is 0 Å². The van der Waals surface area contributed by atoms with E-state index < -0.39 is 6.09 Å². The number of nitrogens with zero attached hydrogens (tertiary/aromatic N) is 1. The summed E-state index contributed by atoms with van der Waals surface area (Å²) >= 11 is 0. The third kappa shape index (κ3) is 15.2. The maximum atomic E-state index is 10.3. The van der Waals surface area contributed by atoms with Gasteiger partial charge in [-0.1, -0.05) is 25.7 Å². The number of rotatable bonds is 10. The van der Waals surface area contributed by atoms with Gasteiger partial charge in [-0.05, 0) is 19.3 Å². The summed E-state index contributed by atoms with van der Waals surface area (Å²) in [7, 11) is 6.70.